The van der Waals surface area contributed by atoms with Gasteiger partial charge in [-0.3, -0.25) is 5.32 Å². The molecule has 3 N–H and O–H groups in total. The summed E-state index contributed by atoms with van der Waals surface area (Å²) >= 11 is 9.71. The molecule has 1 aromatic carbocycles. The molecule has 0 fully saturated rings. The molecule has 0 aliphatic rings. The Balaban J connectivity index is 3.34. The fraction of sp³-hybridized carbons (Fsp3) is 0. The van der Waals surface area contributed by atoms with E-state index in [2.05, 4.69) is 53.1 Å². The maximum absolute atomic E-state index is 10.7. The molecule has 0 aliphatic heterocycles. The van der Waals surface area contributed by atoms with E-state index >= 15 is 0 Å². The molecule has 1 aromatic rings. The summed E-state index contributed by atoms with van der Waals surface area (Å²) < 4.78 is 1.58. The predicted molar refractivity (Wildman–Crippen MR) is 77.9 cm³/mol. The number of aliphatic carboxylic acids is 1. The monoisotopic (exact) mass is 441 g/mol. The van der Waals surface area contributed by atoms with Crippen LogP contribution in [0.3, 0.4) is 0 Å². The van der Waals surface area contributed by atoms with E-state index in [1.54, 1.807) is 6.07 Å². The molecular formula is C10H6Br3NO4. The van der Waals surface area contributed by atoms with Crippen molar-refractivity contribution in [1.82, 2.24) is 0 Å². The van der Waals surface area contributed by atoms with Crippen molar-refractivity contribution in [3.63, 3.8) is 0 Å². The second-order valence-corrected chi connectivity index (χ2v) is 5.55. The number of halogens is 3. The van der Waals surface area contributed by atoms with Gasteiger partial charge in [-0.2, -0.15) is 0 Å². The zero-order valence-corrected chi connectivity index (χ0v) is 13.3. The van der Waals surface area contributed by atoms with Gasteiger partial charge in [0.25, 0.3) is 0 Å². The normalized spacial score (nSPS) is 10.6. The lowest BCUT2D eigenvalue weighted by Gasteiger charge is -2.11. The molecule has 0 aromatic heterocycles. The quantitative estimate of drug-likeness (QED) is 0.612. The number of carboxylic acid groups (broad SMARTS) is 2. The maximum Gasteiger partial charge on any atom is 0.409 e. The van der Waals surface area contributed by atoms with Gasteiger partial charge in [0.05, 0.1) is 10.2 Å². The van der Waals surface area contributed by atoms with Crippen LogP contribution in [0.1, 0.15) is 5.56 Å². The molecular weight excluding hydrogens is 438 g/mol. The Hall–Kier alpha value is -0.860. The largest absolute Gasteiger partial charge is 0.478 e. The third kappa shape index (κ3) is 3.82. The van der Waals surface area contributed by atoms with Crippen molar-refractivity contribution in [3.05, 3.63) is 31.1 Å². The molecule has 1 amide bonds. The van der Waals surface area contributed by atoms with E-state index in [0.717, 1.165) is 6.08 Å². The van der Waals surface area contributed by atoms with Crippen LogP contribution in [0.4, 0.5) is 10.5 Å². The number of carboxylic acids is 1. The van der Waals surface area contributed by atoms with Crippen molar-refractivity contribution >= 4 is 71.6 Å². The van der Waals surface area contributed by atoms with Gasteiger partial charge in [0.15, 0.2) is 0 Å². The highest BCUT2D eigenvalue weighted by atomic mass is 79.9. The number of amides is 1. The van der Waals surface area contributed by atoms with Gasteiger partial charge in [-0.25, -0.2) is 9.59 Å². The first kappa shape index (κ1) is 15.2. The lowest BCUT2D eigenvalue weighted by Crippen LogP contribution is -2.09. The molecule has 0 saturated heterocycles. The molecule has 0 aliphatic carbocycles. The summed E-state index contributed by atoms with van der Waals surface area (Å²) in [6, 6.07) is 1.62. The van der Waals surface area contributed by atoms with E-state index in [4.69, 9.17) is 10.2 Å². The highest BCUT2D eigenvalue weighted by Gasteiger charge is 2.14. The molecule has 0 atom stereocenters. The summed E-state index contributed by atoms with van der Waals surface area (Å²) in [5.74, 6) is -1.09. The van der Waals surface area contributed by atoms with Gasteiger partial charge in [-0.05, 0) is 44.0 Å². The van der Waals surface area contributed by atoms with Crippen LogP contribution in [0.2, 0.25) is 0 Å². The van der Waals surface area contributed by atoms with E-state index in [9.17, 15) is 9.59 Å². The summed E-state index contributed by atoms with van der Waals surface area (Å²) in [4.78, 5) is 21.1. The van der Waals surface area contributed by atoms with Crippen LogP contribution in [-0.2, 0) is 4.79 Å². The molecule has 1 rings (SSSR count). The Bertz CT molecular complexity index is 542. The van der Waals surface area contributed by atoms with Crippen molar-refractivity contribution < 1.29 is 19.8 Å². The number of nitrogens with one attached hydrogen (secondary N) is 1. The summed E-state index contributed by atoms with van der Waals surface area (Å²) in [5.41, 5.74) is 0.820. The fourth-order valence-electron chi connectivity index (χ4n) is 1.13. The summed E-state index contributed by atoms with van der Waals surface area (Å²) in [6.45, 7) is 0. The van der Waals surface area contributed by atoms with Crippen LogP contribution in [0.25, 0.3) is 6.08 Å². The minimum absolute atomic E-state index is 0.302. The second-order valence-electron chi connectivity index (χ2n) is 3.04. The van der Waals surface area contributed by atoms with Crippen molar-refractivity contribution in [3.8, 4) is 0 Å². The Morgan fingerprint density at radius 3 is 2.28 bits per heavy atom. The number of benzene rings is 1. The van der Waals surface area contributed by atoms with Gasteiger partial charge in [-0.1, -0.05) is 15.9 Å². The van der Waals surface area contributed by atoms with Gasteiger partial charge in [-0.15, -0.1) is 0 Å². The van der Waals surface area contributed by atoms with Crippen molar-refractivity contribution in [2.75, 3.05) is 5.32 Å². The van der Waals surface area contributed by atoms with Crippen LogP contribution >= 0.6 is 47.8 Å². The molecule has 0 radical (unpaired) electrons. The van der Waals surface area contributed by atoms with Gasteiger partial charge in [0, 0.05) is 20.6 Å². The minimum atomic E-state index is -1.22. The topological polar surface area (TPSA) is 86.6 Å². The molecule has 18 heavy (non-hydrogen) atoms. The smallest absolute Gasteiger partial charge is 0.409 e. The lowest BCUT2D eigenvalue weighted by atomic mass is 10.2. The molecule has 8 heteroatoms. The Labute approximate surface area is 127 Å². The van der Waals surface area contributed by atoms with Gasteiger partial charge >= 0.3 is 12.1 Å². The zero-order valence-electron chi connectivity index (χ0n) is 8.58. The minimum Gasteiger partial charge on any atom is -0.478 e. The van der Waals surface area contributed by atoms with Crippen LogP contribution in [0.15, 0.2) is 25.6 Å². The van der Waals surface area contributed by atoms with Crippen LogP contribution < -0.4 is 5.32 Å². The van der Waals surface area contributed by atoms with Crippen LogP contribution in [0, 0.1) is 0 Å². The summed E-state index contributed by atoms with van der Waals surface area (Å²) in [6.07, 6.45) is 1.10. The first-order valence-electron chi connectivity index (χ1n) is 4.41. The van der Waals surface area contributed by atoms with Crippen LogP contribution in [-0.4, -0.2) is 22.3 Å². The Kier molecular flexibility index (Phi) is 5.36. The van der Waals surface area contributed by atoms with Gasteiger partial charge in [0.2, 0.25) is 0 Å². The average Bonchev–Trinajstić information content (AvgIpc) is 2.23. The van der Waals surface area contributed by atoms with E-state index in [0.29, 0.717) is 24.7 Å². The highest BCUT2D eigenvalue weighted by Crippen LogP contribution is 2.39. The van der Waals surface area contributed by atoms with E-state index in [1.807, 2.05) is 0 Å². The van der Waals surface area contributed by atoms with Crippen molar-refractivity contribution in [2.24, 2.45) is 0 Å². The molecule has 0 bridgehead atoms. The number of hydrogen-bond acceptors (Lipinski definition) is 2. The van der Waals surface area contributed by atoms with Crippen LogP contribution in [0.5, 0.6) is 0 Å². The first-order chi connectivity index (χ1) is 8.32. The molecule has 96 valence electrons. The Morgan fingerprint density at radius 1 is 1.17 bits per heavy atom. The molecule has 0 heterocycles. The highest BCUT2D eigenvalue weighted by molar-refractivity contribution is 9.11. The van der Waals surface area contributed by atoms with Gasteiger partial charge in [0.1, 0.15) is 0 Å². The SMILES string of the molecule is O=C(O)/C=C/c1c(Br)cc(Br)c(NC(=O)O)c1Br. The third-order valence-electron chi connectivity index (χ3n) is 1.83. The average molecular weight is 444 g/mol. The van der Waals surface area contributed by atoms with Crippen molar-refractivity contribution in [2.45, 2.75) is 0 Å². The lowest BCUT2D eigenvalue weighted by molar-refractivity contribution is -0.131. The molecule has 0 unspecified atom stereocenters. The number of carbonyl (C=O) groups is 2. The van der Waals surface area contributed by atoms with E-state index in [-0.39, 0.29) is 0 Å². The molecule has 5 nitrogen and oxygen atoms in total. The maximum atomic E-state index is 10.7. The molecule has 0 spiro atoms. The number of hydrogen-bond donors (Lipinski definition) is 3. The predicted octanol–water partition coefficient (Wildman–Crippen LogP) is 4.16. The number of anilines is 1. The third-order valence-corrected chi connectivity index (χ3v) is 3.94. The Morgan fingerprint density at radius 2 is 1.78 bits per heavy atom. The van der Waals surface area contributed by atoms with E-state index in [1.165, 1.54) is 6.08 Å². The first-order valence-corrected chi connectivity index (χ1v) is 6.79. The molecule has 0 saturated carbocycles. The standard InChI is InChI=1S/C10H6Br3NO4/c11-5-3-6(12)9(14-10(17)18)8(13)4(5)1-2-7(15)16/h1-3,14H,(H,15,16)(H,17,18)/b2-1+. The van der Waals surface area contributed by atoms with Gasteiger partial charge < -0.3 is 10.2 Å². The van der Waals surface area contributed by atoms with Crippen molar-refractivity contribution in [1.29, 1.82) is 0 Å². The second kappa shape index (κ2) is 6.35. The summed E-state index contributed by atoms with van der Waals surface area (Å²) in [7, 11) is 0. The fourth-order valence-corrected chi connectivity index (χ4v) is 3.72. The zero-order chi connectivity index (χ0) is 13.9. The van der Waals surface area contributed by atoms with E-state index < -0.39 is 12.1 Å². The number of rotatable bonds is 3. The summed E-state index contributed by atoms with van der Waals surface area (Å²) in [5, 5.41) is 19.5.